The third-order valence-electron chi connectivity index (χ3n) is 3.84. The smallest absolute Gasteiger partial charge is 0.328 e. The molecular formula is C18H26N4O6. The second-order valence-electron chi connectivity index (χ2n) is 6.24. The van der Waals surface area contributed by atoms with Crippen molar-refractivity contribution in [1.82, 2.24) is 16.0 Å². The third kappa shape index (κ3) is 7.62. The minimum atomic E-state index is -0.913. The van der Waals surface area contributed by atoms with Gasteiger partial charge in [-0.2, -0.15) is 0 Å². The van der Waals surface area contributed by atoms with Gasteiger partial charge in [0.15, 0.2) is 0 Å². The lowest BCUT2D eigenvalue weighted by Crippen LogP contribution is -2.52. The summed E-state index contributed by atoms with van der Waals surface area (Å²) >= 11 is 0. The van der Waals surface area contributed by atoms with Crippen LogP contribution in [0.1, 0.15) is 19.4 Å². The van der Waals surface area contributed by atoms with E-state index >= 15 is 0 Å². The van der Waals surface area contributed by atoms with Crippen molar-refractivity contribution in [1.29, 1.82) is 0 Å². The van der Waals surface area contributed by atoms with E-state index in [0.29, 0.717) is 0 Å². The van der Waals surface area contributed by atoms with Crippen molar-refractivity contribution in [3.63, 3.8) is 0 Å². The fourth-order valence-electron chi connectivity index (χ4n) is 2.21. The average Bonchev–Trinajstić information content (AvgIpc) is 2.66. The predicted molar refractivity (Wildman–Crippen MR) is 100 cm³/mol. The lowest BCUT2D eigenvalue weighted by molar-refractivity contribution is -0.144. The number of rotatable bonds is 9. The van der Waals surface area contributed by atoms with Crippen molar-refractivity contribution in [2.24, 2.45) is 5.73 Å². The molecule has 1 aromatic rings. The van der Waals surface area contributed by atoms with Gasteiger partial charge < -0.3 is 31.5 Å². The summed E-state index contributed by atoms with van der Waals surface area (Å²) in [4.78, 5) is 47.1. The second kappa shape index (κ2) is 10.9. The van der Waals surface area contributed by atoms with Gasteiger partial charge in [0, 0.05) is 0 Å². The molecule has 0 heterocycles. The van der Waals surface area contributed by atoms with E-state index in [9.17, 15) is 24.3 Å². The summed E-state index contributed by atoms with van der Waals surface area (Å²) in [5.41, 5.74) is 6.60. The van der Waals surface area contributed by atoms with Crippen LogP contribution >= 0.6 is 0 Å². The Balaban J connectivity index is 2.41. The molecule has 0 radical (unpaired) electrons. The zero-order valence-corrected chi connectivity index (χ0v) is 16.0. The summed E-state index contributed by atoms with van der Waals surface area (Å²) in [5, 5.41) is 16.4. The molecule has 1 rings (SSSR count). The lowest BCUT2D eigenvalue weighted by Gasteiger charge is -2.18. The Kier molecular flexibility index (Phi) is 8.89. The third-order valence-corrected chi connectivity index (χ3v) is 3.84. The quantitative estimate of drug-likeness (QED) is 0.321. The van der Waals surface area contributed by atoms with E-state index < -0.39 is 41.8 Å². The number of benzene rings is 1. The molecule has 3 atom stereocenters. The number of phenols is 1. The van der Waals surface area contributed by atoms with Crippen molar-refractivity contribution in [2.75, 3.05) is 13.7 Å². The number of phenolic OH excluding ortho intramolecular Hbond substituents is 1. The summed E-state index contributed by atoms with van der Waals surface area (Å²) in [6.07, 6.45) is 0.230. The summed E-state index contributed by atoms with van der Waals surface area (Å²) in [5.74, 6) is -2.18. The molecule has 0 aliphatic carbocycles. The lowest BCUT2D eigenvalue weighted by atomic mass is 10.1. The number of hydrogen-bond acceptors (Lipinski definition) is 7. The second-order valence-corrected chi connectivity index (χ2v) is 6.24. The van der Waals surface area contributed by atoms with Crippen LogP contribution in [0.15, 0.2) is 24.3 Å². The van der Waals surface area contributed by atoms with Crippen molar-refractivity contribution < 1.29 is 29.0 Å². The minimum absolute atomic E-state index is 0.108. The Hall–Kier alpha value is -3.14. The molecule has 28 heavy (non-hydrogen) atoms. The van der Waals surface area contributed by atoms with Gasteiger partial charge in [0.25, 0.3) is 0 Å². The van der Waals surface area contributed by atoms with E-state index in [-0.39, 0.29) is 18.7 Å². The van der Waals surface area contributed by atoms with Gasteiger partial charge in [0.2, 0.25) is 17.7 Å². The molecule has 154 valence electrons. The number of amides is 3. The Morgan fingerprint density at radius 3 is 2.21 bits per heavy atom. The number of carbonyl (C=O) groups excluding carboxylic acids is 4. The normalized spacial score (nSPS) is 13.6. The van der Waals surface area contributed by atoms with Crippen molar-refractivity contribution in [3.05, 3.63) is 29.8 Å². The van der Waals surface area contributed by atoms with Gasteiger partial charge in [0.1, 0.15) is 17.8 Å². The van der Waals surface area contributed by atoms with Gasteiger partial charge >= 0.3 is 5.97 Å². The van der Waals surface area contributed by atoms with Crippen LogP contribution < -0.4 is 21.7 Å². The van der Waals surface area contributed by atoms with Crippen LogP contribution in [0.25, 0.3) is 0 Å². The van der Waals surface area contributed by atoms with Crippen LogP contribution in [0, 0.1) is 0 Å². The van der Waals surface area contributed by atoms with E-state index in [1.54, 1.807) is 12.1 Å². The summed E-state index contributed by atoms with van der Waals surface area (Å²) in [6.45, 7) is 2.54. The topological polar surface area (TPSA) is 160 Å². The number of carbonyl (C=O) groups is 4. The number of nitrogens with two attached hydrogens (primary N) is 1. The van der Waals surface area contributed by atoms with Gasteiger partial charge in [-0.3, -0.25) is 14.4 Å². The first-order valence-corrected chi connectivity index (χ1v) is 8.62. The molecule has 0 aliphatic rings. The predicted octanol–water partition coefficient (Wildman–Crippen LogP) is -1.44. The summed E-state index contributed by atoms with van der Waals surface area (Å²) in [7, 11) is 1.20. The van der Waals surface area contributed by atoms with Crippen molar-refractivity contribution in [2.45, 2.75) is 38.4 Å². The fraction of sp³-hybridized carbons (Fsp3) is 0.444. The summed E-state index contributed by atoms with van der Waals surface area (Å²) in [6, 6.07) is 3.63. The molecule has 10 heteroatoms. The van der Waals surface area contributed by atoms with E-state index in [1.807, 2.05) is 0 Å². The van der Waals surface area contributed by atoms with Crippen LogP contribution in [0.5, 0.6) is 5.75 Å². The maximum Gasteiger partial charge on any atom is 0.328 e. The maximum atomic E-state index is 12.1. The van der Waals surface area contributed by atoms with E-state index in [1.165, 1.54) is 33.1 Å². The number of hydrogen-bond donors (Lipinski definition) is 5. The monoisotopic (exact) mass is 394 g/mol. The molecule has 0 aromatic heterocycles. The molecule has 10 nitrogen and oxygen atoms in total. The molecule has 0 bridgehead atoms. The Morgan fingerprint density at radius 2 is 1.64 bits per heavy atom. The largest absolute Gasteiger partial charge is 0.508 e. The van der Waals surface area contributed by atoms with E-state index in [2.05, 4.69) is 20.7 Å². The molecule has 0 fully saturated rings. The number of ether oxygens (including phenoxy) is 1. The minimum Gasteiger partial charge on any atom is -0.508 e. The fourth-order valence-corrected chi connectivity index (χ4v) is 2.21. The van der Waals surface area contributed by atoms with Gasteiger partial charge in [-0.1, -0.05) is 12.1 Å². The van der Waals surface area contributed by atoms with Crippen molar-refractivity contribution in [3.8, 4) is 5.75 Å². The molecular weight excluding hydrogens is 368 g/mol. The van der Waals surface area contributed by atoms with Crippen LogP contribution in [0.4, 0.5) is 0 Å². The number of nitrogens with one attached hydrogen (secondary N) is 3. The first kappa shape index (κ1) is 22.9. The molecule has 0 saturated carbocycles. The molecule has 6 N–H and O–H groups in total. The van der Waals surface area contributed by atoms with Crippen LogP contribution in [0.3, 0.4) is 0 Å². The number of esters is 1. The van der Waals surface area contributed by atoms with Gasteiger partial charge in [0.05, 0.1) is 19.7 Å². The van der Waals surface area contributed by atoms with Crippen molar-refractivity contribution >= 4 is 23.7 Å². The van der Waals surface area contributed by atoms with Crippen LogP contribution in [0.2, 0.25) is 0 Å². The zero-order valence-electron chi connectivity index (χ0n) is 16.0. The highest BCUT2D eigenvalue weighted by Gasteiger charge is 2.21. The maximum absolute atomic E-state index is 12.1. The highest BCUT2D eigenvalue weighted by atomic mass is 16.5. The van der Waals surface area contributed by atoms with Crippen LogP contribution in [-0.2, 0) is 30.3 Å². The molecule has 0 aliphatic heterocycles. The van der Waals surface area contributed by atoms with E-state index in [0.717, 1.165) is 5.56 Å². The van der Waals surface area contributed by atoms with Gasteiger partial charge in [-0.25, -0.2) is 4.79 Å². The Bertz CT molecular complexity index is 707. The molecule has 0 unspecified atom stereocenters. The van der Waals surface area contributed by atoms with E-state index in [4.69, 9.17) is 5.73 Å². The highest BCUT2D eigenvalue weighted by Crippen LogP contribution is 2.10. The molecule has 0 spiro atoms. The Morgan fingerprint density at radius 1 is 1.04 bits per heavy atom. The standard InChI is InChI=1S/C18H26N4O6/c1-10(16(25)20-9-15(24)21-11(2)18(27)28-3)22-17(26)14(19)8-12-4-6-13(23)7-5-12/h4-7,10-11,14,23H,8-9,19H2,1-3H3,(H,20,25)(H,21,24)(H,22,26)/t10-,11-,14-/m0/s1. The Labute approximate surface area is 162 Å². The number of methoxy groups -OCH3 is 1. The van der Waals surface area contributed by atoms with Gasteiger partial charge in [-0.05, 0) is 38.0 Å². The molecule has 1 aromatic carbocycles. The summed E-state index contributed by atoms with van der Waals surface area (Å²) < 4.78 is 4.48. The first-order valence-electron chi connectivity index (χ1n) is 8.62. The molecule has 3 amide bonds. The number of aromatic hydroxyl groups is 1. The average molecular weight is 394 g/mol. The van der Waals surface area contributed by atoms with Gasteiger partial charge in [-0.15, -0.1) is 0 Å². The highest BCUT2D eigenvalue weighted by molar-refractivity contribution is 5.92. The zero-order chi connectivity index (χ0) is 21.3. The van der Waals surface area contributed by atoms with Crippen LogP contribution in [-0.4, -0.2) is 60.6 Å². The first-order chi connectivity index (χ1) is 13.1. The SMILES string of the molecule is COC(=O)[C@H](C)NC(=O)CNC(=O)[C@H](C)NC(=O)[C@@H](N)Cc1ccc(O)cc1. The molecule has 0 saturated heterocycles.